The zero-order chi connectivity index (χ0) is 42.2. The quantitative estimate of drug-likeness (QED) is 0.166. The average molecular weight is 980 g/mol. The third kappa shape index (κ3) is 7.01. The second-order valence-electron chi connectivity index (χ2n) is 18.2. The van der Waals surface area contributed by atoms with Crippen LogP contribution in [0.1, 0.15) is 85.2 Å². The van der Waals surface area contributed by atoms with Crippen molar-refractivity contribution in [3.8, 4) is 34.1 Å². The number of fused-ring (bicyclic) bond motifs is 3. The number of rotatable bonds is 6. The van der Waals surface area contributed by atoms with Gasteiger partial charge in [-0.2, -0.15) is 0 Å². The fourth-order valence-corrected chi connectivity index (χ4v) is 10.4. The zero-order valence-corrected chi connectivity index (χ0v) is 38.4. The molecule has 0 saturated carbocycles. The molecule has 6 heterocycles. The van der Waals surface area contributed by atoms with Crippen LogP contribution in [0.25, 0.3) is 50.0 Å². The molecule has 5 nitrogen and oxygen atoms in total. The molecule has 5 aromatic carbocycles. The summed E-state index contributed by atoms with van der Waals surface area (Å²) in [7, 11) is 0. The van der Waals surface area contributed by atoms with Crippen LogP contribution in [0.15, 0.2) is 134 Å². The van der Waals surface area contributed by atoms with Gasteiger partial charge in [0.25, 0.3) is 0 Å². The van der Waals surface area contributed by atoms with Crippen LogP contribution in [-0.4, -0.2) is 18.5 Å². The molecule has 2 aliphatic carbocycles. The SMILES string of the molecule is Cc1c2ccc(c1C)CCc1ccc(c3cn(-c4cccc(Oc5ccc6c7ccccc7n(-c7cc(C(C)C)c(-c8ccc(C(C)(C)C)cc8)cn7)c6c5)c4)[c](=[Pt])n13)CC2. The van der Waals surface area contributed by atoms with E-state index >= 15 is 0 Å². The fourth-order valence-electron chi connectivity index (χ4n) is 9.41. The van der Waals surface area contributed by atoms with Gasteiger partial charge >= 0.3 is 261 Å². The van der Waals surface area contributed by atoms with Gasteiger partial charge in [0.05, 0.1) is 0 Å². The Bertz CT molecular complexity index is 3230. The van der Waals surface area contributed by atoms with Gasteiger partial charge in [0.15, 0.2) is 0 Å². The summed E-state index contributed by atoms with van der Waals surface area (Å²) in [6, 6.07) is 44.3. The number of benzene rings is 5. The van der Waals surface area contributed by atoms with Crippen molar-refractivity contribution in [2.24, 2.45) is 0 Å². The van der Waals surface area contributed by atoms with E-state index in [1.54, 1.807) is 0 Å². The van der Waals surface area contributed by atoms with Gasteiger partial charge in [-0.3, -0.25) is 0 Å². The Morgan fingerprint density at radius 3 is 2.10 bits per heavy atom. The van der Waals surface area contributed by atoms with Crippen molar-refractivity contribution in [2.45, 2.75) is 85.5 Å². The minimum atomic E-state index is 0.102. The Labute approximate surface area is 369 Å². The third-order valence-corrected chi connectivity index (χ3v) is 14.1. The zero-order valence-electron chi connectivity index (χ0n) is 36.1. The molecule has 0 spiro atoms. The molecular weight excluding hydrogens is 928 g/mol. The van der Waals surface area contributed by atoms with Gasteiger partial charge < -0.3 is 0 Å². The van der Waals surface area contributed by atoms with Crippen LogP contribution in [-0.2, 0) is 50.5 Å². The molecule has 0 amide bonds. The Balaban J connectivity index is 1.01. The molecular formula is C55H52N4OPt. The van der Waals surface area contributed by atoms with E-state index < -0.39 is 0 Å². The first-order valence-corrected chi connectivity index (χ1v) is 22.8. The molecule has 0 saturated heterocycles. The average Bonchev–Trinajstić information content (AvgIpc) is 3.77. The molecule has 61 heavy (non-hydrogen) atoms. The number of ether oxygens (including phenoxy) is 1. The number of aryl methyl sites for hydroxylation is 4. The van der Waals surface area contributed by atoms with Crippen LogP contribution in [0.4, 0.5) is 0 Å². The molecule has 13 rings (SSSR count). The molecule has 0 atom stereocenters. The summed E-state index contributed by atoms with van der Waals surface area (Å²) in [5, 5.41) is 2.36. The van der Waals surface area contributed by atoms with E-state index in [9.17, 15) is 0 Å². The first-order chi connectivity index (χ1) is 29.4. The van der Waals surface area contributed by atoms with Gasteiger partial charge in [0, 0.05) is 11.8 Å². The Kier molecular flexibility index (Phi) is 9.87. The summed E-state index contributed by atoms with van der Waals surface area (Å²) in [5.74, 6) is 2.78. The maximum atomic E-state index is 6.76. The molecule has 0 fully saturated rings. The van der Waals surface area contributed by atoms with Crippen molar-refractivity contribution in [3.05, 3.63) is 182 Å². The standard InChI is InChI=1S/C55H52N4O.Pt/c1-35(2)49-31-54(56-32-50(49)40-19-23-42(24-20-40)55(5,6)7)59-51-14-9-8-13-47(51)48-28-27-46(30-52(48)59)60-45-12-10-11-44(29-45)57-33-53-41-18-17-38-15-16-39(37(4)36(38)3)21-25-43(26-22-41)58(53)34-57;/h8-16,19-20,22-24,26-33,35H,17-18,21,25H2,1-7H3;. The molecule has 6 heteroatoms. The van der Waals surface area contributed by atoms with Gasteiger partial charge in [-0.25, -0.2) is 0 Å². The number of hydrogen-bond donors (Lipinski definition) is 0. The predicted molar refractivity (Wildman–Crippen MR) is 248 cm³/mol. The van der Waals surface area contributed by atoms with Crippen molar-refractivity contribution >= 4 is 27.3 Å². The molecule has 2 aliphatic heterocycles. The fraction of sp³-hybridized carbons (Fsp3) is 0.236. The van der Waals surface area contributed by atoms with Crippen LogP contribution in [0, 0.1) is 17.7 Å². The third-order valence-electron chi connectivity index (χ3n) is 13.1. The molecule has 4 bridgehead atoms. The minimum absolute atomic E-state index is 0.102. The number of aromatic nitrogens is 4. The number of hydrogen-bond acceptors (Lipinski definition) is 2. The second kappa shape index (κ2) is 15.3. The van der Waals surface area contributed by atoms with E-state index in [4.69, 9.17) is 9.72 Å². The first-order valence-electron chi connectivity index (χ1n) is 21.6. The van der Waals surface area contributed by atoms with E-state index in [2.05, 4.69) is 215 Å². The maximum absolute atomic E-state index is 6.76. The molecule has 4 aliphatic rings. The topological polar surface area (TPSA) is 36.4 Å². The van der Waals surface area contributed by atoms with Gasteiger partial charge in [0.1, 0.15) is 0 Å². The van der Waals surface area contributed by atoms with Crippen LogP contribution in [0.2, 0.25) is 0 Å². The van der Waals surface area contributed by atoms with Gasteiger partial charge in [-0.15, -0.1) is 0 Å². The van der Waals surface area contributed by atoms with Crippen molar-refractivity contribution in [3.63, 3.8) is 0 Å². The van der Waals surface area contributed by atoms with Crippen LogP contribution < -0.4 is 4.74 Å². The summed E-state index contributed by atoms with van der Waals surface area (Å²) < 4.78 is 15.0. The molecule has 0 N–H and O–H groups in total. The van der Waals surface area contributed by atoms with Crippen LogP contribution >= 0.6 is 0 Å². The Morgan fingerprint density at radius 2 is 1.34 bits per heavy atom. The molecule has 0 unspecified atom stereocenters. The van der Waals surface area contributed by atoms with Gasteiger partial charge in [-0.1, -0.05) is 71.0 Å². The summed E-state index contributed by atoms with van der Waals surface area (Å²) in [6.07, 6.45) is 8.41. The monoisotopic (exact) mass is 979 g/mol. The van der Waals surface area contributed by atoms with E-state index in [1.807, 2.05) is 0 Å². The van der Waals surface area contributed by atoms with Crippen LogP contribution in [0.3, 0.4) is 0 Å². The summed E-state index contributed by atoms with van der Waals surface area (Å²) in [6.45, 7) is 15.9. The number of nitrogens with zero attached hydrogens (tertiary/aromatic N) is 4. The van der Waals surface area contributed by atoms with Crippen molar-refractivity contribution in [1.29, 1.82) is 0 Å². The van der Waals surface area contributed by atoms with E-state index in [1.165, 1.54) is 72.1 Å². The second-order valence-corrected chi connectivity index (χ2v) is 19.2. The number of pyridine rings is 2. The summed E-state index contributed by atoms with van der Waals surface area (Å²) in [4.78, 5) is 5.17. The summed E-state index contributed by atoms with van der Waals surface area (Å²) in [5.41, 5.74) is 18.1. The Hall–Kier alpha value is -5.77. The molecule has 9 aromatic rings. The number of para-hydroxylation sites is 1. The van der Waals surface area contributed by atoms with E-state index in [0.29, 0.717) is 5.92 Å². The molecule has 308 valence electrons. The van der Waals surface area contributed by atoms with E-state index in [0.717, 1.165) is 63.5 Å². The van der Waals surface area contributed by atoms with Crippen molar-refractivity contribution in [2.75, 3.05) is 0 Å². The molecule has 0 radical (unpaired) electrons. The Morgan fingerprint density at radius 1 is 0.656 bits per heavy atom. The first kappa shape index (κ1) is 39.4. The van der Waals surface area contributed by atoms with Crippen molar-refractivity contribution in [1.82, 2.24) is 18.5 Å². The predicted octanol–water partition coefficient (Wildman–Crippen LogP) is 13.7. The van der Waals surface area contributed by atoms with Crippen molar-refractivity contribution < 1.29 is 24.1 Å². The van der Waals surface area contributed by atoms with Gasteiger partial charge in [-0.05, 0) is 28.0 Å². The van der Waals surface area contributed by atoms with Gasteiger partial charge in [0.2, 0.25) is 0 Å². The molecule has 4 aromatic heterocycles. The van der Waals surface area contributed by atoms with E-state index in [-0.39, 0.29) is 5.41 Å². The number of imidazole rings is 1. The normalized spacial score (nSPS) is 13.1. The summed E-state index contributed by atoms with van der Waals surface area (Å²) >= 11 is 2.51. The van der Waals surface area contributed by atoms with Crippen LogP contribution in [0.5, 0.6) is 11.5 Å².